The second kappa shape index (κ2) is 5.40. The highest BCUT2D eigenvalue weighted by Crippen LogP contribution is 2.34. The predicted octanol–water partition coefficient (Wildman–Crippen LogP) is 1.86. The lowest BCUT2D eigenvalue weighted by Crippen LogP contribution is -2.30. The topological polar surface area (TPSA) is 84.4 Å². The van der Waals surface area contributed by atoms with Gasteiger partial charge in [-0.1, -0.05) is 0 Å². The Morgan fingerprint density at radius 3 is 2.75 bits per heavy atom. The van der Waals surface area contributed by atoms with Gasteiger partial charge in [0.05, 0.1) is 10.5 Å². The lowest BCUT2D eigenvalue weighted by atomic mass is 9.98. The summed E-state index contributed by atoms with van der Waals surface area (Å²) in [4.78, 5) is 12.9. The highest BCUT2D eigenvalue weighted by molar-refractivity contribution is 5.61. The van der Waals surface area contributed by atoms with Crippen LogP contribution in [0.15, 0.2) is 0 Å². The van der Waals surface area contributed by atoms with Crippen LogP contribution in [0.2, 0.25) is 0 Å². The summed E-state index contributed by atoms with van der Waals surface area (Å²) in [5.74, 6) is 0.577. The zero-order valence-corrected chi connectivity index (χ0v) is 12.3. The largest absolute Gasteiger partial charge is 0.390 e. The van der Waals surface area contributed by atoms with Gasteiger partial charge in [0.25, 0.3) is 0 Å². The Bertz CT molecular complexity index is 510. The van der Waals surface area contributed by atoms with Crippen molar-refractivity contribution in [3.8, 4) is 0 Å². The van der Waals surface area contributed by atoms with Crippen LogP contribution < -0.4 is 4.90 Å². The third-order valence-electron chi connectivity index (χ3n) is 3.92. The van der Waals surface area contributed by atoms with Crippen molar-refractivity contribution in [3.63, 3.8) is 0 Å². The SMILES string of the molecule is CCn1nc(C)c([N+](=O)[O-])c1N1CCCC(C)(O)CC1. The zero-order chi connectivity index (χ0) is 14.9. The van der Waals surface area contributed by atoms with Crippen LogP contribution in [0.25, 0.3) is 0 Å². The lowest BCUT2D eigenvalue weighted by Gasteiger charge is -2.23. The quantitative estimate of drug-likeness (QED) is 0.675. The lowest BCUT2D eigenvalue weighted by molar-refractivity contribution is -0.384. The van der Waals surface area contributed by atoms with Crippen LogP contribution in [0.1, 0.15) is 38.8 Å². The van der Waals surface area contributed by atoms with Crippen molar-refractivity contribution < 1.29 is 10.0 Å². The monoisotopic (exact) mass is 282 g/mol. The summed E-state index contributed by atoms with van der Waals surface area (Å²) >= 11 is 0. The van der Waals surface area contributed by atoms with Crippen molar-refractivity contribution in [2.45, 2.75) is 52.2 Å². The zero-order valence-electron chi connectivity index (χ0n) is 12.3. The van der Waals surface area contributed by atoms with Crippen LogP contribution in [0, 0.1) is 17.0 Å². The molecule has 1 fully saturated rings. The molecule has 1 aromatic rings. The summed E-state index contributed by atoms with van der Waals surface area (Å²) in [6.07, 6.45) is 2.15. The minimum atomic E-state index is -0.685. The molecule has 7 heteroatoms. The fourth-order valence-corrected chi connectivity index (χ4v) is 2.78. The molecule has 1 saturated heterocycles. The van der Waals surface area contributed by atoms with Crippen molar-refractivity contribution in [3.05, 3.63) is 15.8 Å². The molecule has 0 bridgehead atoms. The first-order valence-electron chi connectivity index (χ1n) is 7.05. The summed E-state index contributed by atoms with van der Waals surface area (Å²) in [5.41, 5.74) is -0.147. The van der Waals surface area contributed by atoms with Crippen LogP contribution >= 0.6 is 0 Å². The molecule has 0 spiro atoms. The van der Waals surface area contributed by atoms with E-state index in [2.05, 4.69) is 5.10 Å². The number of aliphatic hydroxyl groups is 1. The van der Waals surface area contributed by atoms with E-state index in [-0.39, 0.29) is 10.6 Å². The number of aryl methyl sites for hydroxylation is 2. The Morgan fingerprint density at radius 1 is 1.45 bits per heavy atom. The molecule has 1 aromatic heterocycles. The van der Waals surface area contributed by atoms with Crippen LogP contribution in [0.5, 0.6) is 0 Å². The fourth-order valence-electron chi connectivity index (χ4n) is 2.78. The summed E-state index contributed by atoms with van der Waals surface area (Å²) in [5, 5.41) is 25.7. The summed E-state index contributed by atoms with van der Waals surface area (Å²) in [6, 6.07) is 0. The fraction of sp³-hybridized carbons (Fsp3) is 0.769. The summed E-state index contributed by atoms with van der Waals surface area (Å²) in [6.45, 7) is 7.33. The maximum atomic E-state index is 11.3. The van der Waals surface area contributed by atoms with Gasteiger partial charge in [0, 0.05) is 19.6 Å². The van der Waals surface area contributed by atoms with E-state index >= 15 is 0 Å². The normalized spacial score (nSPS) is 23.7. The molecule has 7 nitrogen and oxygen atoms in total. The van der Waals surface area contributed by atoms with Crippen molar-refractivity contribution >= 4 is 11.5 Å². The number of hydrogen-bond donors (Lipinski definition) is 1. The molecule has 2 heterocycles. The van der Waals surface area contributed by atoms with Gasteiger partial charge in [0.1, 0.15) is 5.69 Å². The second-order valence-electron chi connectivity index (χ2n) is 5.67. The van der Waals surface area contributed by atoms with E-state index in [0.717, 1.165) is 12.8 Å². The van der Waals surface area contributed by atoms with Gasteiger partial charge in [-0.25, -0.2) is 4.68 Å². The van der Waals surface area contributed by atoms with E-state index in [4.69, 9.17) is 0 Å². The van der Waals surface area contributed by atoms with Crippen LogP contribution in [-0.2, 0) is 6.54 Å². The van der Waals surface area contributed by atoms with Gasteiger partial charge in [-0.3, -0.25) is 10.1 Å². The number of anilines is 1. The predicted molar refractivity (Wildman–Crippen MR) is 76.0 cm³/mol. The molecule has 1 aliphatic rings. The van der Waals surface area contributed by atoms with Gasteiger partial charge in [0.2, 0.25) is 5.82 Å². The Morgan fingerprint density at radius 2 is 2.15 bits per heavy atom. The van der Waals surface area contributed by atoms with Crippen molar-refractivity contribution in [2.24, 2.45) is 0 Å². The summed E-state index contributed by atoms with van der Waals surface area (Å²) in [7, 11) is 0. The van der Waals surface area contributed by atoms with E-state index in [1.807, 2.05) is 18.7 Å². The number of hydrogen-bond acceptors (Lipinski definition) is 5. The third-order valence-corrected chi connectivity index (χ3v) is 3.92. The number of aromatic nitrogens is 2. The Labute approximate surface area is 118 Å². The van der Waals surface area contributed by atoms with Crippen LogP contribution in [-0.4, -0.2) is 38.5 Å². The van der Waals surface area contributed by atoms with Gasteiger partial charge < -0.3 is 10.0 Å². The number of nitrogens with zero attached hydrogens (tertiary/aromatic N) is 4. The first kappa shape index (κ1) is 14.8. The molecule has 0 amide bonds. The minimum absolute atomic E-state index is 0.0911. The first-order valence-corrected chi connectivity index (χ1v) is 7.05. The molecule has 2 rings (SSSR count). The van der Waals surface area contributed by atoms with Gasteiger partial charge in [0.15, 0.2) is 0 Å². The molecule has 0 saturated carbocycles. The second-order valence-corrected chi connectivity index (χ2v) is 5.67. The molecule has 1 atom stereocenters. The Balaban J connectivity index is 2.38. The van der Waals surface area contributed by atoms with Crippen molar-refractivity contribution in [1.29, 1.82) is 0 Å². The van der Waals surface area contributed by atoms with E-state index in [9.17, 15) is 15.2 Å². The molecule has 1 N–H and O–H groups in total. The smallest absolute Gasteiger partial charge is 0.333 e. The van der Waals surface area contributed by atoms with E-state index < -0.39 is 5.60 Å². The average molecular weight is 282 g/mol. The van der Waals surface area contributed by atoms with Gasteiger partial charge in [-0.05, 0) is 40.0 Å². The molecule has 0 aromatic carbocycles. The van der Waals surface area contributed by atoms with Gasteiger partial charge in [-0.2, -0.15) is 5.10 Å². The van der Waals surface area contributed by atoms with E-state index in [1.165, 1.54) is 0 Å². The molecular weight excluding hydrogens is 260 g/mol. The molecule has 0 radical (unpaired) electrons. The first-order chi connectivity index (χ1) is 9.35. The maximum Gasteiger partial charge on any atom is 0.333 e. The molecular formula is C13H22N4O3. The molecule has 1 aliphatic heterocycles. The minimum Gasteiger partial charge on any atom is -0.390 e. The maximum absolute atomic E-state index is 11.3. The number of rotatable bonds is 3. The molecule has 0 aliphatic carbocycles. The standard InChI is InChI=1S/C13H22N4O3/c1-4-16-12(11(17(19)20)10(2)14-16)15-8-5-6-13(3,18)7-9-15/h18H,4-9H2,1-3H3. The highest BCUT2D eigenvalue weighted by Gasteiger charge is 2.32. The highest BCUT2D eigenvalue weighted by atomic mass is 16.6. The average Bonchev–Trinajstić information content (AvgIpc) is 2.59. The van der Waals surface area contributed by atoms with Crippen molar-refractivity contribution in [1.82, 2.24) is 9.78 Å². The molecule has 20 heavy (non-hydrogen) atoms. The van der Waals surface area contributed by atoms with Crippen LogP contribution in [0.4, 0.5) is 11.5 Å². The summed E-state index contributed by atoms with van der Waals surface area (Å²) < 4.78 is 1.69. The molecule has 1 unspecified atom stereocenters. The third kappa shape index (κ3) is 2.77. The van der Waals surface area contributed by atoms with Crippen molar-refractivity contribution in [2.75, 3.05) is 18.0 Å². The van der Waals surface area contributed by atoms with Gasteiger partial charge >= 0.3 is 5.69 Å². The molecule has 112 valence electrons. The van der Waals surface area contributed by atoms with Gasteiger partial charge in [-0.15, -0.1) is 0 Å². The Hall–Kier alpha value is -1.63. The van der Waals surface area contributed by atoms with Crippen LogP contribution in [0.3, 0.4) is 0 Å². The Kier molecular flexibility index (Phi) is 3.99. The van der Waals surface area contributed by atoms with E-state index in [0.29, 0.717) is 37.6 Å². The number of nitro groups is 1. The van der Waals surface area contributed by atoms with E-state index in [1.54, 1.807) is 11.6 Å².